The number of nitrogens with one attached hydrogen (secondary N) is 1. The highest BCUT2D eigenvalue weighted by atomic mass is 35.5. The molecule has 0 bridgehead atoms. The van der Waals surface area contributed by atoms with Gasteiger partial charge in [-0.05, 0) is 36.8 Å². The predicted molar refractivity (Wildman–Crippen MR) is 193 cm³/mol. The molecule has 0 aliphatic carbocycles. The third-order valence-corrected chi connectivity index (χ3v) is 11.3. The first-order chi connectivity index (χ1) is 26.3. The number of amides is 3. The smallest absolute Gasteiger partial charge is 0.407 e. The minimum absolute atomic E-state index is 0.0678. The molecular formula is C37H40ClF4N8O5+. The number of anilines is 2. The standard InChI is InChI=1S/C37H39ClF4N8O5/c1-50(21-22-6-10-48(20-22)37(53)54)16-7-23(8-17-50)34(51)46-12-14-47(15-13-46)35(52)25-3-2-24(18-27(25)38)45-32-33-44-19-28(49(33)11-9-43-32)26-4-5-29(55-36(41)42)31(40)30(26)39/h2-5,9,11,18-19,22-23,36H,6-8,10,12-17,20-21H2,1H3,(H-,43,45,52,53,54)/p+1. The molecule has 292 valence electrons. The molecule has 0 saturated carbocycles. The predicted octanol–water partition coefficient (Wildman–Crippen LogP) is 5.81. The van der Waals surface area contributed by atoms with Crippen LogP contribution in [0.5, 0.6) is 5.75 Å². The van der Waals surface area contributed by atoms with Gasteiger partial charge >= 0.3 is 12.7 Å². The molecule has 2 aromatic carbocycles. The van der Waals surface area contributed by atoms with Crippen LogP contribution in [0.1, 0.15) is 29.6 Å². The number of hydrogen-bond donors (Lipinski definition) is 2. The first kappa shape index (κ1) is 38.1. The van der Waals surface area contributed by atoms with Crippen LogP contribution in [0.3, 0.4) is 0 Å². The molecule has 0 spiro atoms. The number of ether oxygens (including phenoxy) is 1. The number of rotatable bonds is 9. The van der Waals surface area contributed by atoms with Crippen molar-refractivity contribution in [2.45, 2.75) is 25.9 Å². The average molecular weight is 788 g/mol. The van der Waals surface area contributed by atoms with E-state index in [0.717, 1.165) is 55.5 Å². The number of nitrogens with zero attached hydrogens (tertiary/aromatic N) is 7. The normalized spacial score (nSPS) is 21.7. The Labute approximate surface area is 318 Å². The second kappa shape index (κ2) is 15.5. The molecule has 3 aliphatic heterocycles. The summed E-state index contributed by atoms with van der Waals surface area (Å²) in [5.74, 6) is -3.49. The number of halogens is 5. The fraction of sp³-hybridized carbons (Fsp3) is 0.432. The fourth-order valence-corrected chi connectivity index (χ4v) is 8.25. The van der Waals surface area contributed by atoms with Gasteiger partial charge in [-0.25, -0.2) is 19.2 Å². The van der Waals surface area contributed by atoms with Crippen molar-refractivity contribution < 1.29 is 46.3 Å². The van der Waals surface area contributed by atoms with E-state index >= 15 is 0 Å². The molecule has 7 rings (SSSR count). The van der Waals surface area contributed by atoms with Gasteiger partial charge in [-0.2, -0.15) is 13.2 Å². The number of piperidine rings is 1. The number of quaternary nitrogens is 1. The molecular weight excluding hydrogens is 748 g/mol. The van der Waals surface area contributed by atoms with E-state index in [2.05, 4.69) is 27.1 Å². The Balaban J connectivity index is 0.938. The summed E-state index contributed by atoms with van der Waals surface area (Å²) in [6.07, 6.45) is 5.74. The monoisotopic (exact) mass is 787 g/mol. The van der Waals surface area contributed by atoms with Gasteiger partial charge in [0, 0.05) is 87.6 Å². The maximum absolute atomic E-state index is 14.9. The topological polar surface area (TPSA) is 133 Å². The lowest BCUT2D eigenvalue weighted by Gasteiger charge is -2.43. The number of likely N-dealkylation sites (tertiary alicyclic amines) is 2. The second-order valence-electron chi connectivity index (χ2n) is 14.6. The van der Waals surface area contributed by atoms with Gasteiger partial charge in [0.2, 0.25) is 11.7 Å². The largest absolute Gasteiger partial charge is 0.465 e. The summed E-state index contributed by atoms with van der Waals surface area (Å²) < 4.78 is 60.9. The number of carboxylic acid groups (broad SMARTS) is 1. The quantitative estimate of drug-likeness (QED) is 0.161. The van der Waals surface area contributed by atoms with Gasteiger partial charge in [0.05, 0.1) is 49.2 Å². The fourth-order valence-electron chi connectivity index (χ4n) is 7.98. The summed E-state index contributed by atoms with van der Waals surface area (Å²) >= 11 is 6.61. The van der Waals surface area contributed by atoms with E-state index in [9.17, 15) is 37.1 Å². The lowest BCUT2D eigenvalue weighted by molar-refractivity contribution is -0.917. The first-order valence-electron chi connectivity index (χ1n) is 18.0. The van der Waals surface area contributed by atoms with Crippen LogP contribution < -0.4 is 10.1 Å². The van der Waals surface area contributed by atoms with Crippen LogP contribution in [0.25, 0.3) is 16.9 Å². The van der Waals surface area contributed by atoms with Crippen LogP contribution >= 0.6 is 11.6 Å². The highest BCUT2D eigenvalue weighted by Crippen LogP contribution is 2.33. The highest BCUT2D eigenvalue weighted by molar-refractivity contribution is 6.34. The molecule has 2 aromatic heterocycles. The molecule has 3 saturated heterocycles. The molecule has 2 N–H and O–H groups in total. The lowest BCUT2D eigenvalue weighted by Crippen LogP contribution is -2.56. The third-order valence-electron chi connectivity index (χ3n) is 10.9. The van der Waals surface area contributed by atoms with Crippen LogP contribution in [-0.2, 0) is 4.79 Å². The molecule has 55 heavy (non-hydrogen) atoms. The summed E-state index contributed by atoms with van der Waals surface area (Å²) in [6, 6.07) is 6.82. The van der Waals surface area contributed by atoms with Crippen molar-refractivity contribution >= 4 is 46.7 Å². The molecule has 1 unspecified atom stereocenters. The zero-order valence-corrected chi connectivity index (χ0v) is 30.7. The summed E-state index contributed by atoms with van der Waals surface area (Å²) in [5, 5.41) is 12.6. The molecule has 4 aromatic rings. The van der Waals surface area contributed by atoms with Gasteiger partial charge in [0.15, 0.2) is 23.0 Å². The van der Waals surface area contributed by atoms with Gasteiger partial charge in [0.1, 0.15) is 0 Å². The molecule has 3 fully saturated rings. The maximum Gasteiger partial charge on any atom is 0.407 e. The number of carbonyl (C=O) groups excluding carboxylic acids is 2. The highest BCUT2D eigenvalue weighted by Gasteiger charge is 2.39. The number of benzene rings is 2. The van der Waals surface area contributed by atoms with Gasteiger partial charge in [-0.1, -0.05) is 11.6 Å². The van der Waals surface area contributed by atoms with Crippen molar-refractivity contribution in [3.63, 3.8) is 0 Å². The van der Waals surface area contributed by atoms with Gasteiger partial charge < -0.3 is 34.3 Å². The van der Waals surface area contributed by atoms with Crippen molar-refractivity contribution in [3.8, 4) is 17.0 Å². The Morgan fingerprint density at radius 1 is 0.982 bits per heavy atom. The number of piperazine rings is 1. The Bertz CT molecular complexity index is 2110. The average Bonchev–Trinajstić information content (AvgIpc) is 3.81. The van der Waals surface area contributed by atoms with Gasteiger partial charge in [-0.3, -0.25) is 14.0 Å². The minimum Gasteiger partial charge on any atom is -0.465 e. The molecule has 3 aliphatic rings. The van der Waals surface area contributed by atoms with Crippen molar-refractivity contribution in [1.29, 1.82) is 0 Å². The van der Waals surface area contributed by atoms with Crippen molar-refractivity contribution in [2.75, 3.05) is 71.3 Å². The van der Waals surface area contributed by atoms with Crippen molar-refractivity contribution in [2.24, 2.45) is 11.8 Å². The van der Waals surface area contributed by atoms with Crippen molar-refractivity contribution in [3.05, 3.63) is 71.1 Å². The zero-order valence-electron chi connectivity index (χ0n) is 29.9. The molecule has 3 amide bonds. The van der Waals surface area contributed by atoms with Gasteiger partial charge in [-0.15, -0.1) is 0 Å². The van der Waals surface area contributed by atoms with E-state index in [4.69, 9.17) is 11.6 Å². The maximum atomic E-state index is 14.9. The number of alkyl halides is 2. The van der Waals surface area contributed by atoms with E-state index in [-0.39, 0.29) is 51.0 Å². The Morgan fingerprint density at radius 2 is 1.71 bits per heavy atom. The number of aromatic nitrogens is 3. The molecule has 18 heteroatoms. The van der Waals surface area contributed by atoms with E-state index < -0.39 is 30.1 Å². The Morgan fingerprint density at radius 3 is 2.38 bits per heavy atom. The van der Waals surface area contributed by atoms with E-state index in [1.54, 1.807) is 23.1 Å². The minimum atomic E-state index is -3.32. The Kier molecular flexibility index (Phi) is 10.8. The van der Waals surface area contributed by atoms with Crippen LogP contribution in [-0.4, -0.2) is 129 Å². The summed E-state index contributed by atoms with van der Waals surface area (Å²) in [4.78, 5) is 52.0. The summed E-state index contributed by atoms with van der Waals surface area (Å²) in [7, 11) is 2.20. The van der Waals surface area contributed by atoms with Gasteiger partial charge in [0.25, 0.3) is 5.91 Å². The molecule has 5 heterocycles. The summed E-state index contributed by atoms with van der Waals surface area (Å²) in [6.45, 7) is 2.06. The van der Waals surface area contributed by atoms with E-state index in [1.807, 2.05) is 4.90 Å². The van der Waals surface area contributed by atoms with Crippen LogP contribution in [0.2, 0.25) is 5.02 Å². The Hall–Kier alpha value is -5.16. The number of imidazole rings is 1. The van der Waals surface area contributed by atoms with Crippen molar-refractivity contribution in [1.82, 2.24) is 29.1 Å². The van der Waals surface area contributed by atoms with E-state index in [0.29, 0.717) is 50.9 Å². The first-order valence-corrected chi connectivity index (χ1v) is 18.4. The zero-order chi connectivity index (χ0) is 39.0. The van der Waals surface area contributed by atoms with Crippen LogP contribution in [0.4, 0.5) is 33.9 Å². The van der Waals surface area contributed by atoms with E-state index in [1.165, 1.54) is 27.9 Å². The summed E-state index contributed by atoms with van der Waals surface area (Å²) in [5.41, 5.74) is 0.906. The molecule has 13 nitrogen and oxygen atoms in total. The lowest BCUT2D eigenvalue weighted by atomic mass is 9.92. The van der Waals surface area contributed by atoms with Crippen LogP contribution in [0.15, 0.2) is 48.9 Å². The number of carbonyl (C=O) groups is 3. The van der Waals surface area contributed by atoms with Crippen LogP contribution in [0, 0.1) is 23.5 Å². The SMILES string of the molecule is C[N+]1(CC2CCN(C(=O)O)C2)CCC(C(=O)N2CCN(C(=O)c3ccc(Nc4nccn5c(-c6ccc(OC(F)F)c(F)c6F)cnc45)cc3Cl)CC2)CC1. The second-order valence-corrected chi connectivity index (χ2v) is 15.0. The number of fused-ring (bicyclic) bond motifs is 1. The molecule has 0 radical (unpaired) electrons. The number of hydrogen-bond acceptors (Lipinski definition) is 7. The third kappa shape index (κ3) is 7.99. The molecule has 1 atom stereocenters.